The first-order valence-corrected chi connectivity index (χ1v) is 5.78. The van der Waals surface area contributed by atoms with E-state index in [-0.39, 0.29) is 0 Å². The van der Waals surface area contributed by atoms with E-state index in [4.69, 9.17) is 4.74 Å². The second kappa shape index (κ2) is 7.60. The SMILES string of the molecule is CCCCCCCCC1=NC=CCO1. The lowest BCUT2D eigenvalue weighted by Crippen LogP contribution is -2.07. The van der Waals surface area contributed by atoms with E-state index in [9.17, 15) is 0 Å². The van der Waals surface area contributed by atoms with E-state index in [1.807, 2.05) is 12.3 Å². The van der Waals surface area contributed by atoms with Gasteiger partial charge in [0, 0.05) is 12.6 Å². The molecule has 0 aromatic heterocycles. The third-order valence-electron chi connectivity index (χ3n) is 2.41. The van der Waals surface area contributed by atoms with E-state index in [2.05, 4.69) is 11.9 Å². The van der Waals surface area contributed by atoms with Gasteiger partial charge in [0.05, 0.1) is 0 Å². The summed E-state index contributed by atoms with van der Waals surface area (Å²) in [6.45, 7) is 2.95. The number of hydrogen-bond donors (Lipinski definition) is 0. The molecule has 0 radical (unpaired) electrons. The van der Waals surface area contributed by atoms with Crippen LogP contribution in [-0.4, -0.2) is 12.5 Å². The molecule has 0 saturated carbocycles. The summed E-state index contributed by atoms with van der Waals surface area (Å²) in [4.78, 5) is 4.18. The molecular formula is C12H21NO. The maximum absolute atomic E-state index is 5.37. The standard InChI is InChI=1S/C12H21NO/c1-2-3-4-5-6-7-9-12-13-10-8-11-14-12/h8,10H,2-7,9,11H2,1H3. The largest absolute Gasteiger partial charge is 0.476 e. The minimum Gasteiger partial charge on any atom is -0.476 e. The normalized spacial score (nSPS) is 15.1. The molecule has 0 bridgehead atoms. The maximum atomic E-state index is 5.37. The van der Waals surface area contributed by atoms with Crippen molar-refractivity contribution in [3.63, 3.8) is 0 Å². The third kappa shape index (κ3) is 5.05. The Balaban J connectivity index is 1.93. The monoisotopic (exact) mass is 195 g/mol. The van der Waals surface area contributed by atoms with E-state index in [1.165, 1.54) is 38.5 Å². The summed E-state index contributed by atoms with van der Waals surface area (Å²) < 4.78 is 5.37. The van der Waals surface area contributed by atoms with E-state index in [0.717, 1.165) is 12.3 Å². The molecule has 14 heavy (non-hydrogen) atoms. The molecule has 1 aliphatic rings. The van der Waals surface area contributed by atoms with Crippen LogP contribution in [0.4, 0.5) is 0 Å². The highest BCUT2D eigenvalue weighted by atomic mass is 16.5. The van der Waals surface area contributed by atoms with Gasteiger partial charge in [0.2, 0.25) is 0 Å². The van der Waals surface area contributed by atoms with Crippen molar-refractivity contribution in [2.75, 3.05) is 6.61 Å². The van der Waals surface area contributed by atoms with Gasteiger partial charge in [0.15, 0.2) is 5.90 Å². The molecule has 0 aromatic carbocycles. The minimum atomic E-state index is 0.703. The van der Waals surface area contributed by atoms with Gasteiger partial charge < -0.3 is 4.74 Å². The summed E-state index contributed by atoms with van der Waals surface area (Å²) in [5.41, 5.74) is 0. The van der Waals surface area contributed by atoms with Crippen molar-refractivity contribution < 1.29 is 4.74 Å². The number of nitrogens with zero attached hydrogens (tertiary/aromatic N) is 1. The molecule has 2 nitrogen and oxygen atoms in total. The fourth-order valence-electron chi connectivity index (χ4n) is 1.55. The molecule has 1 rings (SSSR count). The van der Waals surface area contributed by atoms with Crippen molar-refractivity contribution in [2.24, 2.45) is 4.99 Å². The highest BCUT2D eigenvalue weighted by molar-refractivity contribution is 5.77. The van der Waals surface area contributed by atoms with Gasteiger partial charge in [-0.1, -0.05) is 39.0 Å². The summed E-state index contributed by atoms with van der Waals surface area (Å²) in [7, 11) is 0. The molecule has 1 aliphatic heterocycles. The van der Waals surface area contributed by atoms with Crippen molar-refractivity contribution >= 4 is 5.90 Å². The second-order valence-electron chi connectivity index (χ2n) is 3.74. The van der Waals surface area contributed by atoms with Crippen molar-refractivity contribution in [1.29, 1.82) is 0 Å². The molecule has 2 heteroatoms. The van der Waals surface area contributed by atoms with Crippen molar-refractivity contribution in [3.8, 4) is 0 Å². The molecule has 80 valence electrons. The Hall–Kier alpha value is -0.790. The number of rotatable bonds is 7. The molecule has 0 amide bonds. The zero-order valence-corrected chi connectivity index (χ0v) is 9.17. The van der Waals surface area contributed by atoms with Gasteiger partial charge in [-0.3, -0.25) is 0 Å². The van der Waals surface area contributed by atoms with Crippen molar-refractivity contribution in [3.05, 3.63) is 12.3 Å². The average Bonchev–Trinajstić information content (AvgIpc) is 2.25. The van der Waals surface area contributed by atoms with Crippen LogP contribution >= 0.6 is 0 Å². The zero-order valence-electron chi connectivity index (χ0n) is 9.17. The van der Waals surface area contributed by atoms with Crippen LogP contribution < -0.4 is 0 Å². The summed E-state index contributed by atoms with van der Waals surface area (Å²) >= 11 is 0. The van der Waals surface area contributed by atoms with E-state index in [1.54, 1.807) is 0 Å². The van der Waals surface area contributed by atoms with Crippen LogP contribution in [0, 0.1) is 0 Å². The highest BCUT2D eigenvalue weighted by Gasteiger charge is 2.01. The lowest BCUT2D eigenvalue weighted by atomic mass is 10.1. The van der Waals surface area contributed by atoms with Gasteiger partial charge in [-0.15, -0.1) is 0 Å². The van der Waals surface area contributed by atoms with Gasteiger partial charge in [-0.05, 0) is 12.5 Å². The lowest BCUT2D eigenvalue weighted by molar-refractivity contribution is 0.331. The highest BCUT2D eigenvalue weighted by Crippen LogP contribution is 2.09. The summed E-state index contributed by atoms with van der Waals surface area (Å²) in [5, 5.41) is 0. The number of aliphatic imine (C=N–C) groups is 1. The Morgan fingerprint density at radius 1 is 1.21 bits per heavy atom. The topological polar surface area (TPSA) is 21.6 Å². The molecule has 0 unspecified atom stereocenters. The Morgan fingerprint density at radius 2 is 2.00 bits per heavy atom. The smallest absolute Gasteiger partial charge is 0.188 e. The molecule has 0 atom stereocenters. The van der Waals surface area contributed by atoms with Crippen LogP contribution in [0.5, 0.6) is 0 Å². The quantitative estimate of drug-likeness (QED) is 0.568. The molecule has 0 spiro atoms. The molecule has 0 fully saturated rings. The Bertz CT molecular complexity index is 196. The van der Waals surface area contributed by atoms with Crippen LogP contribution in [0.3, 0.4) is 0 Å². The molecule has 0 saturated heterocycles. The first kappa shape index (κ1) is 11.3. The van der Waals surface area contributed by atoms with Crippen LogP contribution in [-0.2, 0) is 4.74 Å². The van der Waals surface area contributed by atoms with Crippen LogP contribution in [0.1, 0.15) is 51.9 Å². The molecule has 1 heterocycles. The predicted molar refractivity (Wildman–Crippen MR) is 60.5 cm³/mol. The fraction of sp³-hybridized carbons (Fsp3) is 0.750. The van der Waals surface area contributed by atoms with Gasteiger partial charge in [-0.2, -0.15) is 0 Å². The van der Waals surface area contributed by atoms with Gasteiger partial charge in [-0.25, -0.2) is 4.99 Å². The number of unbranched alkanes of at least 4 members (excludes halogenated alkanes) is 5. The predicted octanol–water partition coefficient (Wildman–Crippen LogP) is 3.68. The van der Waals surface area contributed by atoms with Crippen molar-refractivity contribution in [2.45, 2.75) is 51.9 Å². The number of ether oxygens (including phenoxy) is 1. The Labute approximate surface area is 87.1 Å². The van der Waals surface area contributed by atoms with Crippen LogP contribution in [0.15, 0.2) is 17.3 Å². The third-order valence-corrected chi connectivity index (χ3v) is 2.41. The second-order valence-corrected chi connectivity index (χ2v) is 3.74. The maximum Gasteiger partial charge on any atom is 0.188 e. The first-order chi connectivity index (χ1) is 6.93. The minimum absolute atomic E-state index is 0.703. The Kier molecular flexibility index (Phi) is 6.13. The van der Waals surface area contributed by atoms with E-state index >= 15 is 0 Å². The fourth-order valence-corrected chi connectivity index (χ4v) is 1.55. The first-order valence-electron chi connectivity index (χ1n) is 5.78. The Morgan fingerprint density at radius 3 is 2.71 bits per heavy atom. The van der Waals surface area contributed by atoms with Crippen LogP contribution in [0.2, 0.25) is 0 Å². The lowest BCUT2D eigenvalue weighted by Gasteiger charge is -2.09. The van der Waals surface area contributed by atoms with E-state index < -0.39 is 0 Å². The summed E-state index contributed by atoms with van der Waals surface area (Å²) in [6.07, 6.45) is 12.8. The average molecular weight is 195 g/mol. The summed E-state index contributed by atoms with van der Waals surface area (Å²) in [5.74, 6) is 0.919. The van der Waals surface area contributed by atoms with Crippen molar-refractivity contribution in [1.82, 2.24) is 0 Å². The van der Waals surface area contributed by atoms with Gasteiger partial charge in [0.1, 0.15) is 6.61 Å². The van der Waals surface area contributed by atoms with Crippen LogP contribution in [0.25, 0.3) is 0 Å². The molecule has 0 N–H and O–H groups in total. The van der Waals surface area contributed by atoms with E-state index in [0.29, 0.717) is 6.61 Å². The van der Waals surface area contributed by atoms with Gasteiger partial charge in [0.25, 0.3) is 0 Å². The number of hydrogen-bond acceptors (Lipinski definition) is 2. The summed E-state index contributed by atoms with van der Waals surface area (Å²) in [6, 6.07) is 0. The molecular weight excluding hydrogens is 174 g/mol. The zero-order chi connectivity index (χ0) is 10.1. The molecule has 0 aliphatic carbocycles. The van der Waals surface area contributed by atoms with Gasteiger partial charge >= 0.3 is 0 Å². The molecule has 0 aromatic rings.